The fraction of sp³-hybridized carbons (Fsp3) is 0.692. The van der Waals surface area contributed by atoms with E-state index in [0.29, 0.717) is 12.5 Å². The molecule has 0 saturated heterocycles. The highest BCUT2D eigenvalue weighted by molar-refractivity contribution is 7.11. The molecule has 0 aliphatic heterocycles. The molecule has 0 radical (unpaired) electrons. The maximum absolute atomic E-state index is 11.7. The van der Waals surface area contributed by atoms with E-state index in [9.17, 15) is 4.79 Å². The van der Waals surface area contributed by atoms with Gasteiger partial charge in [0, 0.05) is 23.8 Å². The maximum atomic E-state index is 11.7. The molecule has 1 aliphatic carbocycles. The number of carbonyl (C=O) groups excluding carboxylic acids is 1. The van der Waals surface area contributed by atoms with Crippen LogP contribution in [0.5, 0.6) is 0 Å². The van der Waals surface area contributed by atoms with E-state index in [1.54, 1.807) is 11.3 Å². The van der Waals surface area contributed by atoms with Crippen LogP contribution >= 0.6 is 11.3 Å². The fourth-order valence-electron chi connectivity index (χ4n) is 2.24. The van der Waals surface area contributed by atoms with Crippen molar-refractivity contribution in [2.24, 2.45) is 0 Å². The first-order valence-electron chi connectivity index (χ1n) is 6.37. The lowest BCUT2D eigenvalue weighted by Crippen LogP contribution is -2.32. The summed E-state index contributed by atoms with van der Waals surface area (Å²) in [4.78, 5) is 17.4. The molecule has 0 unspecified atom stereocenters. The zero-order valence-electron chi connectivity index (χ0n) is 10.6. The van der Waals surface area contributed by atoms with E-state index in [1.807, 2.05) is 6.92 Å². The summed E-state index contributed by atoms with van der Waals surface area (Å²) < 4.78 is 0. The van der Waals surface area contributed by atoms with Crippen molar-refractivity contribution in [1.29, 1.82) is 0 Å². The summed E-state index contributed by atoms with van der Waals surface area (Å²) in [6, 6.07) is 0.433. The van der Waals surface area contributed by atoms with Gasteiger partial charge in [0.1, 0.15) is 0 Å². The number of nitrogens with one attached hydrogen (secondary N) is 1. The third-order valence-corrected chi connectivity index (χ3v) is 4.49. The number of hydrogen-bond donors (Lipinski definition) is 1. The van der Waals surface area contributed by atoms with Gasteiger partial charge in [-0.25, -0.2) is 4.98 Å². The van der Waals surface area contributed by atoms with Gasteiger partial charge in [-0.3, -0.25) is 4.79 Å². The maximum Gasteiger partial charge on any atom is 0.220 e. The van der Waals surface area contributed by atoms with Crippen LogP contribution in [-0.2, 0) is 11.2 Å². The molecule has 94 valence electrons. The lowest BCUT2D eigenvalue weighted by Gasteiger charge is -2.10. The van der Waals surface area contributed by atoms with Gasteiger partial charge in [0.2, 0.25) is 5.91 Å². The van der Waals surface area contributed by atoms with Crippen molar-refractivity contribution in [2.45, 2.75) is 58.4 Å². The van der Waals surface area contributed by atoms with Crippen LogP contribution in [0.15, 0.2) is 0 Å². The minimum atomic E-state index is 0.183. The third kappa shape index (κ3) is 3.53. The molecule has 3 nitrogen and oxygen atoms in total. The van der Waals surface area contributed by atoms with Crippen molar-refractivity contribution < 1.29 is 4.79 Å². The van der Waals surface area contributed by atoms with Crippen LogP contribution in [0.2, 0.25) is 0 Å². The number of carbonyl (C=O) groups is 1. The fourth-order valence-corrected chi connectivity index (χ4v) is 3.17. The summed E-state index contributed by atoms with van der Waals surface area (Å²) in [6.45, 7) is 4.10. The number of aromatic nitrogens is 1. The topological polar surface area (TPSA) is 42.0 Å². The van der Waals surface area contributed by atoms with Crippen molar-refractivity contribution in [3.8, 4) is 0 Å². The second-order valence-corrected chi connectivity index (χ2v) is 6.09. The zero-order valence-corrected chi connectivity index (χ0v) is 11.4. The van der Waals surface area contributed by atoms with Crippen LogP contribution in [0.4, 0.5) is 0 Å². The number of rotatable bonds is 4. The molecule has 1 aromatic heterocycles. The SMILES string of the molecule is Cc1nc(CCC(=O)NC2CCCC2)sc1C. The van der Waals surface area contributed by atoms with E-state index >= 15 is 0 Å². The molecule has 4 heteroatoms. The molecule has 0 atom stereocenters. The van der Waals surface area contributed by atoms with Crippen LogP contribution in [0.3, 0.4) is 0 Å². The van der Waals surface area contributed by atoms with Crippen molar-refractivity contribution in [3.05, 3.63) is 15.6 Å². The minimum absolute atomic E-state index is 0.183. The molecule has 1 fully saturated rings. The van der Waals surface area contributed by atoms with Crippen LogP contribution in [0.25, 0.3) is 0 Å². The van der Waals surface area contributed by atoms with Gasteiger partial charge in [-0.2, -0.15) is 0 Å². The average molecular weight is 252 g/mol. The van der Waals surface area contributed by atoms with E-state index in [4.69, 9.17) is 0 Å². The van der Waals surface area contributed by atoms with E-state index in [1.165, 1.54) is 17.7 Å². The van der Waals surface area contributed by atoms with Gasteiger partial charge in [-0.1, -0.05) is 12.8 Å². The second-order valence-electron chi connectivity index (χ2n) is 4.80. The summed E-state index contributed by atoms with van der Waals surface area (Å²) in [5, 5.41) is 4.19. The van der Waals surface area contributed by atoms with Gasteiger partial charge in [0.15, 0.2) is 0 Å². The van der Waals surface area contributed by atoms with E-state index in [-0.39, 0.29) is 5.91 Å². The Balaban J connectivity index is 1.75. The van der Waals surface area contributed by atoms with E-state index in [0.717, 1.165) is 30.0 Å². The summed E-state index contributed by atoms with van der Waals surface area (Å²) in [6.07, 6.45) is 6.18. The summed E-state index contributed by atoms with van der Waals surface area (Å²) >= 11 is 1.71. The van der Waals surface area contributed by atoms with Gasteiger partial charge in [0.25, 0.3) is 0 Å². The first-order chi connectivity index (χ1) is 8.15. The highest BCUT2D eigenvalue weighted by Gasteiger charge is 2.17. The molecule has 0 bridgehead atoms. The second kappa shape index (κ2) is 5.63. The quantitative estimate of drug-likeness (QED) is 0.895. The van der Waals surface area contributed by atoms with Gasteiger partial charge in [-0.15, -0.1) is 11.3 Å². The average Bonchev–Trinajstić information content (AvgIpc) is 2.87. The Morgan fingerprint density at radius 2 is 2.12 bits per heavy atom. The number of aryl methyl sites for hydroxylation is 3. The molecular formula is C13H20N2OS. The highest BCUT2D eigenvalue weighted by Crippen LogP contribution is 2.19. The Kier molecular flexibility index (Phi) is 4.15. The molecule has 1 saturated carbocycles. The van der Waals surface area contributed by atoms with Crippen molar-refractivity contribution >= 4 is 17.2 Å². The molecule has 1 heterocycles. The Morgan fingerprint density at radius 1 is 1.41 bits per heavy atom. The molecular weight excluding hydrogens is 232 g/mol. The summed E-state index contributed by atoms with van der Waals surface area (Å²) in [5.74, 6) is 0.183. The van der Waals surface area contributed by atoms with Gasteiger partial charge in [-0.05, 0) is 26.7 Å². The van der Waals surface area contributed by atoms with Crippen LogP contribution in [0.1, 0.15) is 47.7 Å². The van der Waals surface area contributed by atoms with Crippen molar-refractivity contribution in [2.75, 3.05) is 0 Å². The zero-order chi connectivity index (χ0) is 12.3. The molecule has 17 heavy (non-hydrogen) atoms. The lowest BCUT2D eigenvalue weighted by molar-refractivity contribution is -0.121. The Bertz CT molecular complexity index is 375. The third-order valence-electron chi connectivity index (χ3n) is 3.36. The molecule has 2 rings (SSSR count). The molecule has 1 amide bonds. The Morgan fingerprint density at radius 3 is 2.71 bits per heavy atom. The first kappa shape index (κ1) is 12.6. The molecule has 1 N–H and O–H groups in total. The normalized spacial score (nSPS) is 16.4. The van der Waals surface area contributed by atoms with Crippen LogP contribution in [0, 0.1) is 13.8 Å². The van der Waals surface area contributed by atoms with Gasteiger partial charge < -0.3 is 5.32 Å². The summed E-state index contributed by atoms with van der Waals surface area (Å²) in [5.41, 5.74) is 1.10. The first-order valence-corrected chi connectivity index (χ1v) is 7.19. The van der Waals surface area contributed by atoms with Crippen molar-refractivity contribution in [3.63, 3.8) is 0 Å². The number of hydrogen-bond acceptors (Lipinski definition) is 3. The standard InChI is InChI=1S/C13H20N2OS/c1-9-10(2)17-13(14-9)8-7-12(16)15-11-5-3-4-6-11/h11H,3-8H2,1-2H3,(H,15,16). The predicted molar refractivity (Wildman–Crippen MR) is 70.3 cm³/mol. The highest BCUT2D eigenvalue weighted by atomic mass is 32.1. The predicted octanol–water partition coefficient (Wildman–Crippen LogP) is 2.75. The monoisotopic (exact) mass is 252 g/mol. The van der Waals surface area contributed by atoms with Gasteiger partial charge >= 0.3 is 0 Å². The van der Waals surface area contributed by atoms with Crippen LogP contribution in [-0.4, -0.2) is 16.9 Å². The summed E-state index contributed by atoms with van der Waals surface area (Å²) in [7, 11) is 0. The number of nitrogens with zero attached hydrogens (tertiary/aromatic N) is 1. The Labute approximate surface area is 107 Å². The van der Waals surface area contributed by atoms with Crippen molar-refractivity contribution in [1.82, 2.24) is 10.3 Å². The number of amides is 1. The molecule has 1 aromatic rings. The van der Waals surface area contributed by atoms with Gasteiger partial charge in [0.05, 0.1) is 10.7 Å². The molecule has 1 aliphatic rings. The molecule has 0 aromatic carbocycles. The largest absolute Gasteiger partial charge is 0.353 e. The minimum Gasteiger partial charge on any atom is -0.353 e. The smallest absolute Gasteiger partial charge is 0.220 e. The number of thiazole rings is 1. The Hall–Kier alpha value is -0.900. The van der Waals surface area contributed by atoms with E-state index in [2.05, 4.69) is 17.2 Å². The van der Waals surface area contributed by atoms with E-state index < -0.39 is 0 Å². The molecule has 0 spiro atoms. The van der Waals surface area contributed by atoms with Crippen LogP contribution < -0.4 is 5.32 Å². The lowest BCUT2D eigenvalue weighted by atomic mass is 10.2.